The first-order valence-electron chi connectivity index (χ1n) is 5.93. The van der Waals surface area contributed by atoms with Crippen LogP contribution >= 0.6 is 0 Å². The van der Waals surface area contributed by atoms with Crippen LogP contribution in [0.15, 0.2) is 24.2 Å². The van der Waals surface area contributed by atoms with Crippen molar-refractivity contribution in [2.24, 2.45) is 11.8 Å². The van der Waals surface area contributed by atoms with Crippen LogP contribution in [0.2, 0.25) is 0 Å². The fraction of sp³-hybridized carbons (Fsp3) is 0.500. The predicted octanol–water partition coefficient (Wildman–Crippen LogP) is 2.91. The Kier molecular flexibility index (Phi) is 4.47. The van der Waals surface area contributed by atoms with Gasteiger partial charge in [-0.05, 0) is 30.8 Å². The summed E-state index contributed by atoms with van der Waals surface area (Å²) in [5, 5.41) is 0. The highest BCUT2D eigenvalue weighted by Crippen LogP contribution is 2.24. The molecule has 0 aliphatic heterocycles. The first-order chi connectivity index (χ1) is 7.97. The van der Waals surface area contributed by atoms with E-state index in [1.807, 2.05) is 6.92 Å². The molecule has 1 rings (SSSR count). The Morgan fingerprint density at radius 2 is 2.06 bits per heavy atom. The SMILES string of the molecule is C=C=C(C(C)C)C(C)Cc1ncnc(C)c1N. The second-order valence-corrected chi connectivity index (χ2v) is 4.71. The van der Waals surface area contributed by atoms with Gasteiger partial charge in [0.05, 0.1) is 17.1 Å². The summed E-state index contributed by atoms with van der Waals surface area (Å²) in [4.78, 5) is 8.33. The number of aromatic nitrogens is 2. The lowest BCUT2D eigenvalue weighted by Gasteiger charge is -2.17. The lowest BCUT2D eigenvalue weighted by atomic mass is 9.88. The summed E-state index contributed by atoms with van der Waals surface area (Å²) >= 11 is 0. The van der Waals surface area contributed by atoms with E-state index in [2.05, 4.69) is 43.0 Å². The van der Waals surface area contributed by atoms with Crippen molar-refractivity contribution in [3.05, 3.63) is 35.6 Å². The van der Waals surface area contributed by atoms with E-state index < -0.39 is 0 Å². The number of hydrogen-bond donors (Lipinski definition) is 1. The molecular weight excluding hydrogens is 210 g/mol. The minimum absolute atomic E-state index is 0.351. The van der Waals surface area contributed by atoms with Crippen LogP contribution in [0.25, 0.3) is 0 Å². The van der Waals surface area contributed by atoms with Gasteiger partial charge >= 0.3 is 0 Å². The Bertz CT molecular complexity index is 443. The molecular formula is C14H21N3. The molecule has 1 aromatic rings. The van der Waals surface area contributed by atoms with Crippen LogP contribution in [0, 0.1) is 18.8 Å². The van der Waals surface area contributed by atoms with Gasteiger partial charge in [0.2, 0.25) is 0 Å². The molecule has 1 atom stereocenters. The zero-order chi connectivity index (χ0) is 13.0. The molecule has 0 radical (unpaired) electrons. The minimum atomic E-state index is 0.351. The maximum absolute atomic E-state index is 5.98. The van der Waals surface area contributed by atoms with Crippen LogP contribution in [-0.4, -0.2) is 9.97 Å². The summed E-state index contributed by atoms with van der Waals surface area (Å²) in [7, 11) is 0. The quantitative estimate of drug-likeness (QED) is 0.811. The van der Waals surface area contributed by atoms with Gasteiger partial charge in [0.25, 0.3) is 0 Å². The fourth-order valence-electron chi connectivity index (χ4n) is 2.04. The highest BCUT2D eigenvalue weighted by Gasteiger charge is 2.15. The van der Waals surface area contributed by atoms with E-state index in [1.54, 1.807) is 6.33 Å². The molecule has 0 aromatic carbocycles. The predicted molar refractivity (Wildman–Crippen MR) is 71.5 cm³/mol. The van der Waals surface area contributed by atoms with Crippen LogP contribution in [0.3, 0.4) is 0 Å². The molecule has 3 nitrogen and oxygen atoms in total. The van der Waals surface area contributed by atoms with E-state index in [4.69, 9.17) is 5.73 Å². The third-order valence-corrected chi connectivity index (χ3v) is 3.02. The summed E-state index contributed by atoms with van der Waals surface area (Å²) in [5.74, 6) is 0.802. The Labute approximate surface area is 103 Å². The minimum Gasteiger partial charge on any atom is -0.396 e. The van der Waals surface area contributed by atoms with Crippen molar-refractivity contribution in [2.75, 3.05) is 5.73 Å². The summed E-state index contributed by atoms with van der Waals surface area (Å²) in [6.07, 6.45) is 2.38. The van der Waals surface area contributed by atoms with Gasteiger partial charge in [0.1, 0.15) is 6.33 Å². The number of nitrogen functional groups attached to an aromatic ring is 1. The van der Waals surface area contributed by atoms with Crippen LogP contribution in [0.4, 0.5) is 5.69 Å². The Balaban J connectivity index is 2.92. The molecule has 92 valence electrons. The van der Waals surface area contributed by atoms with E-state index in [0.717, 1.165) is 17.8 Å². The van der Waals surface area contributed by atoms with Gasteiger partial charge in [0, 0.05) is 0 Å². The van der Waals surface area contributed by atoms with Gasteiger partial charge in [-0.1, -0.05) is 27.4 Å². The van der Waals surface area contributed by atoms with Crippen molar-refractivity contribution in [3.8, 4) is 0 Å². The number of nitrogens with two attached hydrogens (primary N) is 1. The summed E-state index contributed by atoms with van der Waals surface area (Å²) in [6.45, 7) is 12.1. The van der Waals surface area contributed by atoms with Crippen LogP contribution in [-0.2, 0) is 6.42 Å². The van der Waals surface area contributed by atoms with Crippen LogP contribution in [0.5, 0.6) is 0 Å². The Morgan fingerprint density at radius 1 is 1.41 bits per heavy atom. The third kappa shape index (κ3) is 3.18. The smallest absolute Gasteiger partial charge is 0.116 e. The highest BCUT2D eigenvalue weighted by atomic mass is 14.9. The summed E-state index contributed by atoms with van der Waals surface area (Å²) < 4.78 is 0. The second kappa shape index (κ2) is 5.65. The first kappa shape index (κ1) is 13.5. The molecule has 1 aromatic heterocycles. The molecule has 1 unspecified atom stereocenters. The number of rotatable bonds is 4. The number of allylic oxidation sites excluding steroid dienone is 1. The second-order valence-electron chi connectivity index (χ2n) is 4.71. The first-order valence-corrected chi connectivity index (χ1v) is 5.93. The number of nitrogens with zero attached hydrogens (tertiary/aromatic N) is 2. The topological polar surface area (TPSA) is 51.8 Å². The molecule has 0 amide bonds. The summed E-state index contributed by atoms with van der Waals surface area (Å²) in [6, 6.07) is 0. The Hall–Kier alpha value is -1.60. The van der Waals surface area contributed by atoms with Gasteiger partial charge in [0.15, 0.2) is 0 Å². The molecule has 3 heteroatoms. The van der Waals surface area contributed by atoms with Gasteiger partial charge in [-0.15, -0.1) is 5.73 Å². The van der Waals surface area contributed by atoms with Gasteiger partial charge < -0.3 is 5.73 Å². The number of hydrogen-bond acceptors (Lipinski definition) is 3. The standard InChI is InChI=1S/C14H21N3/c1-6-12(9(2)3)10(4)7-13-14(15)11(5)16-8-17-13/h8-10H,1,7,15H2,2-5H3. The number of anilines is 1. The van der Waals surface area contributed by atoms with Gasteiger partial charge in [-0.2, -0.15) is 0 Å². The molecule has 0 spiro atoms. The maximum atomic E-state index is 5.98. The monoisotopic (exact) mass is 231 g/mol. The fourth-order valence-corrected chi connectivity index (χ4v) is 2.04. The molecule has 1 heterocycles. The van der Waals surface area contributed by atoms with E-state index in [0.29, 0.717) is 17.5 Å². The molecule has 2 N–H and O–H groups in total. The summed E-state index contributed by atoms with van der Waals surface area (Å²) in [5.41, 5.74) is 12.7. The maximum Gasteiger partial charge on any atom is 0.116 e. The van der Waals surface area contributed by atoms with E-state index in [-0.39, 0.29) is 0 Å². The van der Waals surface area contributed by atoms with Crippen molar-refractivity contribution in [1.29, 1.82) is 0 Å². The van der Waals surface area contributed by atoms with Crippen molar-refractivity contribution >= 4 is 5.69 Å². The molecule has 0 aliphatic rings. The molecule has 0 fully saturated rings. The van der Waals surface area contributed by atoms with Crippen LogP contribution in [0.1, 0.15) is 32.2 Å². The van der Waals surface area contributed by atoms with Gasteiger partial charge in [-0.25, -0.2) is 9.97 Å². The van der Waals surface area contributed by atoms with Gasteiger partial charge in [-0.3, -0.25) is 0 Å². The molecule has 0 saturated carbocycles. The van der Waals surface area contributed by atoms with Crippen LogP contribution < -0.4 is 5.73 Å². The van der Waals surface area contributed by atoms with Crippen molar-refractivity contribution in [2.45, 2.75) is 34.1 Å². The molecule has 0 aliphatic carbocycles. The van der Waals surface area contributed by atoms with E-state index in [1.165, 1.54) is 5.57 Å². The normalized spacial score (nSPS) is 12.3. The molecule has 0 saturated heterocycles. The third-order valence-electron chi connectivity index (χ3n) is 3.02. The van der Waals surface area contributed by atoms with Crippen molar-refractivity contribution in [3.63, 3.8) is 0 Å². The highest BCUT2D eigenvalue weighted by molar-refractivity contribution is 5.46. The zero-order valence-corrected chi connectivity index (χ0v) is 11.1. The lowest BCUT2D eigenvalue weighted by molar-refractivity contribution is 0.576. The average molecular weight is 231 g/mol. The largest absolute Gasteiger partial charge is 0.396 e. The molecule has 17 heavy (non-hydrogen) atoms. The Morgan fingerprint density at radius 3 is 2.59 bits per heavy atom. The average Bonchev–Trinajstić information content (AvgIpc) is 2.25. The van der Waals surface area contributed by atoms with E-state index in [9.17, 15) is 0 Å². The number of aryl methyl sites for hydroxylation is 1. The lowest BCUT2D eigenvalue weighted by Crippen LogP contribution is -2.11. The van der Waals surface area contributed by atoms with Crippen molar-refractivity contribution < 1.29 is 0 Å². The van der Waals surface area contributed by atoms with E-state index >= 15 is 0 Å². The zero-order valence-electron chi connectivity index (χ0n) is 11.1. The van der Waals surface area contributed by atoms with Crippen molar-refractivity contribution in [1.82, 2.24) is 9.97 Å². The molecule has 0 bridgehead atoms.